The van der Waals surface area contributed by atoms with Crippen molar-refractivity contribution in [3.63, 3.8) is 0 Å². The Bertz CT molecular complexity index is 2810. The van der Waals surface area contributed by atoms with Crippen molar-refractivity contribution in [2.75, 3.05) is 60.9 Å². The molecule has 72 heavy (non-hydrogen) atoms. The molecule has 2 bridgehead atoms. The Kier molecular flexibility index (Phi) is 11.4. The second kappa shape index (κ2) is 17.9. The second-order valence-corrected chi connectivity index (χ2v) is 23.3. The van der Waals surface area contributed by atoms with Crippen molar-refractivity contribution >= 4 is 57.9 Å². The van der Waals surface area contributed by atoms with Gasteiger partial charge in [0.25, 0.3) is 0 Å². The van der Waals surface area contributed by atoms with Crippen LogP contribution in [0.3, 0.4) is 0 Å². The zero-order valence-corrected chi connectivity index (χ0v) is 41.9. The van der Waals surface area contributed by atoms with Crippen LogP contribution in [-0.4, -0.2) is 134 Å². The summed E-state index contributed by atoms with van der Waals surface area (Å²) in [4.78, 5) is 93.9. The minimum absolute atomic E-state index is 0.0508. The summed E-state index contributed by atoms with van der Waals surface area (Å²) >= 11 is 0. The number of aromatic nitrogens is 4. The van der Waals surface area contributed by atoms with Crippen LogP contribution in [0.5, 0.6) is 0 Å². The molecule has 4 atom stereocenters. The lowest BCUT2D eigenvalue weighted by molar-refractivity contribution is -0.145. The van der Waals surface area contributed by atoms with Gasteiger partial charge in [0.1, 0.15) is 11.3 Å². The number of fused-ring (bicyclic) bond motifs is 5. The predicted octanol–water partition coefficient (Wildman–Crippen LogP) is 6.55. The number of amides is 5. The number of pyridine rings is 2. The first-order valence-corrected chi connectivity index (χ1v) is 27.5. The van der Waals surface area contributed by atoms with Crippen LogP contribution in [0.15, 0.2) is 48.9 Å². The van der Waals surface area contributed by atoms with Crippen LogP contribution in [0.2, 0.25) is 0 Å². The standard InChI is InChI=1S/C56H69N11O5/c1-33(2)66-32-58-46-29-45(60-51(50(46)66)59-38-8-9-38)35-6-11-44-47(25-35)67(41-26-39(27-41)62-18-4-3-5-19-62)55(72)56(44)16-22-64(23-17-56)54(71)43-28-40-24-37(43)31-65(40)53(70)34-14-20-63(21-15-34)48-12-7-36(30-57-48)42-10-13-49(68)61-52(42)69/h6-7,11-12,25,29-30,32-34,37-43H,3-5,8-10,13-24,26-28,31H2,1-2H3,(H,59,60)(H,61,68,69)/t37-,39?,40?,41?,42?,43+/m0/s1. The minimum atomic E-state index is -0.671. The number of rotatable bonds is 10. The molecule has 4 aromatic rings. The first kappa shape index (κ1) is 45.9. The Hall–Kier alpha value is -5.90. The molecule has 16 nitrogen and oxygen atoms in total. The lowest BCUT2D eigenvalue weighted by Gasteiger charge is -2.48. The van der Waals surface area contributed by atoms with Gasteiger partial charge in [-0.2, -0.15) is 0 Å². The third-order valence-electron chi connectivity index (χ3n) is 18.7. The fraction of sp³-hybridized carbons (Fsp3) is 0.607. The Morgan fingerprint density at radius 1 is 0.806 bits per heavy atom. The number of hydrogen-bond acceptors (Lipinski definition) is 11. The number of imidazole rings is 1. The van der Waals surface area contributed by atoms with Crippen LogP contribution in [-0.2, 0) is 29.4 Å². The van der Waals surface area contributed by atoms with Crippen LogP contribution >= 0.6 is 0 Å². The average Bonchev–Trinajstić information content (AvgIpc) is 3.65. The number of hydrogen-bond donors (Lipinski definition) is 2. The third-order valence-corrected chi connectivity index (χ3v) is 18.7. The first-order chi connectivity index (χ1) is 35.0. The van der Waals surface area contributed by atoms with E-state index in [0.717, 1.165) is 122 Å². The molecular formula is C56H69N11O5. The lowest BCUT2D eigenvalue weighted by atomic mass is 9.73. The van der Waals surface area contributed by atoms with Gasteiger partial charge in [0.15, 0.2) is 5.82 Å². The van der Waals surface area contributed by atoms with Gasteiger partial charge in [-0.05, 0) is 146 Å². The van der Waals surface area contributed by atoms with E-state index in [-0.39, 0.29) is 71.3 Å². The molecule has 16 heteroatoms. The molecule has 5 saturated heterocycles. The van der Waals surface area contributed by atoms with E-state index < -0.39 is 5.41 Å². The summed E-state index contributed by atoms with van der Waals surface area (Å²) in [6.45, 7) is 9.86. The molecular weight excluding hydrogens is 907 g/mol. The van der Waals surface area contributed by atoms with E-state index in [9.17, 15) is 19.2 Å². The van der Waals surface area contributed by atoms with Crippen molar-refractivity contribution < 1.29 is 24.0 Å². The lowest BCUT2D eigenvalue weighted by Crippen LogP contribution is -2.58. The highest BCUT2D eigenvalue weighted by atomic mass is 16.2. The summed E-state index contributed by atoms with van der Waals surface area (Å²) in [6.07, 6.45) is 16.9. The van der Waals surface area contributed by atoms with Crippen molar-refractivity contribution in [3.8, 4) is 11.3 Å². The quantitative estimate of drug-likeness (QED) is 0.166. The number of nitrogens with one attached hydrogen (secondary N) is 2. The van der Waals surface area contributed by atoms with Gasteiger partial charge in [-0.25, -0.2) is 15.0 Å². The molecule has 2 unspecified atom stereocenters. The number of benzene rings is 1. The van der Waals surface area contributed by atoms with E-state index in [2.05, 4.69) is 77.9 Å². The summed E-state index contributed by atoms with van der Waals surface area (Å²) < 4.78 is 2.20. The molecule has 0 radical (unpaired) electrons. The fourth-order valence-corrected chi connectivity index (χ4v) is 14.3. The van der Waals surface area contributed by atoms with Gasteiger partial charge in [-0.1, -0.05) is 24.6 Å². The predicted molar refractivity (Wildman–Crippen MR) is 273 cm³/mol. The molecule has 1 spiro atoms. The number of imide groups is 1. The maximum Gasteiger partial charge on any atom is 0.238 e. The van der Waals surface area contributed by atoms with Gasteiger partial charge in [-0.3, -0.25) is 29.3 Å². The van der Waals surface area contributed by atoms with Gasteiger partial charge in [-0.15, -0.1) is 0 Å². The summed E-state index contributed by atoms with van der Waals surface area (Å²) in [5.41, 5.74) is 6.07. The number of anilines is 3. The van der Waals surface area contributed by atoms with Gasteiger partial charge in [0.2, 0.25) is 29.5 Å². The summed E-state index contributed by atoms with van der Waals surface area (Å²) in [5, 5.41) is 6.14. The van der Waals surface area contributed by atoms with Crippen LogP contribution in [0.4, 0.5) is 17.3 Å². The van der Waals surface area contributed by atoms with E-state index >= 15 is 4.79 Å². The molecule has 3 saturated carbocycles. The van der Waals surface area contributed by atoms with Gasteiger partial charge < -0.3 is 34.4 Å². The number of nitrogens with zero attached hydrogens (tertiary/aromatic N) is 9. The summed E-state index contributed by atoms with van der Waals surface area (Å²) in [5.74, 6) is 1.51. The highest BCUT2D eigenvalue weighted by molar-refractivity contribution is 6.09. The van der Waals surface area contributed by atoms with Crippen LogP contribution in [0.1, 0.15) is 133 Å². The molecule has 1 aromatic carbocycles. The van der Waals surface area contributed by atoms with Crippen molar-refractivity contribution in [2.45, 2.75) is 152 Å². The molecule has 3 aromatic heterocycles. The van der Waals surface area contributed by atoms with E-state index in [1.165, 1.54) is 19.3 Å². The minimum Gasteiger partial charge on any atom is -0.366 e. The molecule has 9 aliphatic rings. The smallest absolute Gasteiger partial charge is 0.238 e. The number of piperidine rings is 5. The zero-order valence-electron chi connectivity index (χ0n) is 41.9. The van der Waals surface area contributed by atoms with E-state index in [4.69, 9.17) is 9.97 Å². The van der Waals surface area contributed by atoms with Gasteiger partial charge >= 0.3 is 0 Å². The monoisotopic (exact) mass is 976 g/mol. The largest absolute Gasteiger partial charge is 0.366 e. The Labute approximate surface area is 421 Å². The van der Waals surface area contributed by atoms with Gasteiger partial charge in [0, 0.05) is 98.6 Å². The van der Waals surface area contributed by atoms with Crippen molar-refractivity contribution in [1.29, 1.82) is 0 Å². The number of carbonyl (C=O) groups is 5. The molecule has 13 rings (SSSR count). The normalized spacial score (nSPS) is 28.6. The van der Waals surface area contributed by atoms with Gasteiger partial charge in [0.05, 0.1) is 28.9 Å². The highest BCUT2D eigenvalue weighted by Crippen LogP contribution is 2.53. The van der Waals surface area contributed by atoms with Crippen molar-refractivity contribution in [1.82, 2.24) is 39.5 Å². The van der Waals surface area contributed by atoms with E-state index in [1.54, 1.807) is 6.20 Å². The van der Waals surface area contributed by atoms with E-state index in [1.807, 2.05) is 23.4 Å². The number of carbonyl (C=O) groups excluding carboxylic acids is 5. The molecule has 378 valence electrons. The molecule has 9 heterocycles. The van der Waals surface area contributed by atoms with Crippen molar-refractivity contribution in [2.24, 2.45) is 17.8 Å². The topological polar surface area (TPSA) is 169 Å². The zero-order chi connectivity index (χ0) is 49.0. The Balaban J connectivity index is 0.672. The second-order valence-electron chi connectivity index (χ2n) is 23.3. The van der Waals surface area contributed by atoms with E-state index in [0.29, 0.717) is 63.8 Å². The van der Waals surface area contributed by atoms with Crippen LogP contribution < -0.4 is 20.4 Å². The molecule has 3 aliphatic carbocycles. The third kappa shape index (κ3) is 7.87. The maximum atomic E-state index is 15.3. The molecule has 8 fully saturated rings. The van der Waals surface area contributed by atoms with Crippen molar-refractivity contribution in [3.05, 3.63) is 60.0 Å². The average molecular weight is 976 g/mol. The summed E-state index contributed by atoms with van der Waals surface area (Å²) in [7, 11) is 0. The molecule has 5 amide bonds. The van der Waals surface area contributed by atoms with Crippen LogP contribution in [0.25, 0.3) is 22.3 Å². The number of likely N-dealkylation sites (tertiary alicyclic amines) is 3. The molecule has 2 N–H and O–H groups in total. The summed E-state index contributed by atoms with van der Waals surface area (Å²) in [6, 6.07) is 14.0. The Morgan fingerprint density at radius 3 is 2.29 bits per heavy atom. The maximum absolute atomic E-state index is 15.3. The fourth-order valence-electron chi connectivity index (χ4n) is 14.3. The van der Waals surface area contributed by atoms with Crippen LogP contribution in [0, 0.1) is 17.8 Å². The Morgan fingerprint density at radius 2 is 1.60 bits per heavy atom. The SMILES string of the molecule is CC(C)n1cnc2cc(-c3ccc4c(c3)N(C3CC(N5CCCCC5)C3)C(=O)C43CCN(C(=O)[C@@H]4CC5C[C@H]4CN5C(=O)C4CCN(c5ccc(C6CCC(=O)NC6=O)cn5)CC4)CC3)nc(NC3CC3)c21. The molecule has 6 aliphatic heterocycles. The highest BCUT2D eigenvalue weighted by Gasteiger charge is 2.57. The first-order valence-electron chi connectivity index (χ1n) is 27.5.